The maximum atomic E-state index is 11.4. The molecular weight excluding hydrogens is 244 g/mol. The maximum Gasteiger partial charge on any atom is 0.321 e. The van der Waals surface area contributed by atoms with E-state index in [-0.39, 0.29) is 6.04 Å². The number of carbonyl (C=O) groups is 1. The first-order valence-corrected chi connectivity index (χ1v) is 6.83. The average Bonchev–Trinajstić information content (AvgIpc) is 2.95. The van der Waals surface area contributed by atoms with Crippen molar-refractivity contribution in [2.45, 2.75) is 44.8 Å². The molecule has 0 aliphatic carbocycles. The van der Waals surface area contributed by atoms with Crippen LogP contribution in [0.2, 0.25) is 0 Å². The quantitative estimate of drug-likeness (QED) is 0.774. The molecule has 0 amide bonds. The van der Waals surface area contributed by atoms with Crippen molar-refractivity contribution in [3.8, 4) is 0 Å². The number of nitrogens with zero attached hydrogens (tertiary/aromatic N) is 3. The van der Waals surface area contributed by atoms with Crippen LogP contribution in [0.1, 0.15) is 25.5 Å². The monoisotopic (exact) mass is 266 g/mol. The Labute approximate surface area is 113 Å². The molecule has 2 atom stereocenters. The topological polar surface area (TPSA) is 84.4 Å². The zero-order valence-electron chi connectivity index (χ0n) is 11.3. The molecule has 6 heteroatoms. The van der Waals surface area contributed by atoms with Crippen molar-refractivity contribution < 1.29 is 9.90 Å². The van der Waals surface area contributed by atoms with Gasteiger partial charge in [0.2, 0.25) is 0 Å². The summed E-state index contributed by atoms with van der Waals surface area (Å²) in [6.45, 7) is 4.44. The number of rotatable bonds is 6. The van der Waals surface area contributed by atoms with Crippen molar-refractivity contribution in [2.24, 2.45) is 5.73 Å². The number of nitrogens with two attached hydrogens (primary N) is 1. The number of hydrogen-bond acceptors (Lipinski definition) is 4. The third-order valence-electron chi connectivity index (χ3n) is 3.55. The van der Waals surface area contributed by atoms with Crippen molar-refractivity contribution in [2.75, 3.05) is 13.1 Å². The van der Waals surface area contributed by atoms with Gasteiger partial charge in [-0.2, -0.15) is 0 Å². The molecular formula is C13H22N4O2. The molecule has 0 unspecified atom stereocenters. The predicted molar refractivity (Wildman–Crippen MR) is 71.8 cm³/mol. The first kappa shape index (κ1) is 14.0. The van der Waals surface area contributed by atoms with Crippen molar-refractivity contribution in [1.29, 1.82) is 0 Å². The Morgan fingerprint density at radius 2 is 2.47 bits per heavy atom. The molecule has 1 fully saturated rings. The Bertz CT molecular complexity index is 432. The van der Waals surface area contributed by atoms with Crippen LogP contribution in [0.4, 0.5) is 0 Å². The number of hydrogen-bond donors (Lipinski definition) is 2. The van der Waals surface area contributed by atoms with Crippen LogP contribution in [-0.4, -0.2) is 50.7 Å². The van der Waals surface area contributed by atoms with Gasteiger partial charge >= 0.3 is 5.97 Å². The maximum absolute atomic E-state index is 11.4. The molecule has 3 N–H and O–H groups in total. The predicted octanol–water partition coefficient (Wildman–Crippen LogP) is 0.322. The second kappa shape index (κ2) is 6.16. The number of aliphatic carboxylic acids is 1. The highest BCUT2D eigenvalue weighted by atomic mass is 16.4. The van der Waals surface area contributed by atoms with Crippen LogP contribution in [0.5, 0.6) is 0 Å². The number of carboxylic acid groups (broad SMARTS) is 1. The molecule has 0 bridgehead atoms. The molecule has 0 aromatic carbocycles. The van der Waals surface area contributed by atoms with E-state index in [1.54, 1.807) is 6.33 Å². The van der Waals surface area contributed by atoms with Crippen LogP contribution < -0.4 is 5.73 Å². The van der Waals surface area contributed by atoms with Gasteiger partial charge in [0, 0.05) is 38.3 Å². The summed E-state index contributed by atoms with van der Waals surface area (Å²) in [6.07, 6.45) is 6.06. The minimum Gasteiger partial charge on any atom is -0.480 e. The average molecular weight is 266 g/mol. The highest BCUT2D eigenvalue weighted by Crippen LogP contribution is 2.15. The van der Waals surface area contributed by atoms with Crippen LogP contribution >= 0.6 is 0 Å². The second-order valence-electron chi connectivity index (χ2n) is 5.20. The van der Waals surface area contributed by atoms with Gasteiger partial charge in [-0.3, -0.25) is 9.69 Å². The number of imidazole rings is 1. The summed E-state index contributed by atoms with van der Waals surface area (Å²) in [6, 6.07) is -0.418. The third-order valence-corrected chi connectivity index (χ3v) is 3.55. The van der Waals surface area contributed by atoms with Crippen molar-refractivity contribution in [3.05, 3.63) is 18.2 Å². The van der Waals surface area contributed by atoms with Gasteiger partial charge in [0.05, 0.1) is 12.0 Å². The van der Waals surface area contributed by atoms with Gasteiger partial charge in [-0.05, 0) is 12.8 Å². The smallest absolute Gasteiger partial charge is 0.321 e. The van der Waals surface area contributed by atoms with Gasteiger partial charge in [-0.15, -0.1) is 0 Å². The summed E-state index contributed by atoms with van der Waals surface area (Å²) >= 11 is 0. The van der Waals surface area contributed by atoms with Crippen LogP contribution in [0.3, 0.4) is 0 Å². The molecule has 6 nitrogen and oxygen atoms in total. The standard InChI is InChI=1S/C13H22N4O2/c1-2-4-16-8-11(15-9-16)6-12(13(18)19)17-5-3-10(14)7-17/h8-10,12H,2-7,14H2,1H3,(H,18,19)/t10-,12+/m0/s1. The van der Waals surface area contributed by atoms with Crippen molar-refractivity contribution in [1.82, 2.24) is 14.5 Å². The van der Waals surface area contributed by atoms with Gasteiger partial charge in [0.15, 0.2) is 0 Å². The summed E-state index contributed by atoms with van der Waals surface area (Å²) in [7, 11) is 0. The van der Waals surface area contributed by atoms with Gasteiger partial charge in [0.1, 0.15) is 6.04 Å². The van der Waals surface area contributed by atoms with E-state index < -0.39 is 12.0 Å². The molecule has 1 aromatic heterocycles. The first-order chi connectivity index (χ1) is 9.10. The van der Waals surface area contributed by atoms with Gasteiger partial charge in [-0.1, -0.05) is 6.92 Å². The van der Waals surface area contributed by atoms with E-state index in [0.717, 1.165) is 31.6 Å². The second-order valence-corrected chi connectivity index (χ2v) is 5.20. The van der Waals surface area contributed by atoms with E-state index in [1.807, 2.05) is 15.7 Å². The normalized spacial score (nSPS) is 21.7. The Balaban J connectivity index is 2.01. The molecule has 2 rings (SSSR count). The third kappa shape index (κ3) is 3.54. The Morgan fingerprint density at radius 1 is 1.68 bits per heavy atom. The molecule has 2 heterocycles. The van der Waals surface area contributed by atoms with E-state index in [4.69, 9.17) is 5.73 Å². The molecule has 1 aliphatic rings. The lowest BCUT2D eigenvalue weighted by atomic mass is 10.1. The number of aromatic nitrogens is 2. The zero-order valence-corrected chi connectivity index (χ0v) is 11.3. The van der Waals surface area contributed by atoms with Gasteiger partial charge in [-0.25, -0.2) is 4.98 Å². The lowest BCUT2D eigenvalue weighted by molar-refractivity contribution is -0.142. The molecule has 1 aromatic rings. The van der Waals surface area contributed by atoms with E-state index >= 15 is 0 Å². The van der Waals surface area contributed by atoms with E-state index in [1.165, 1.54) is 0 Å². The van der Waals surface area contributed by atoms with Crippen molar-refractivity contribution >= 4 is 5.97 Å². The zero-order chi connectivity index (χ0) is 13.8. The Hall–Kier alpha value is -1.40. The molecule has 1 saturated heterocycles. The summed E-state index contributed by atoms with van der Waals surface area (Å²) in [4.78, 5) is 17.7. The molecule has 0 spiro atoms. The highest BCUT2D eigenvalue weighted by molar-refractivity contribution is 5.73. The van der Waals surface area contributed by atoms with Crippen LogP contribution in [0.15, 0.2) is 12.5 Å². The van der Waals surface area contributed by atoms with Crippen molar-refractivity contribution in [3.63, 3.8) is 0 Å². The molecule has 106 valence electrons. The largest absolute Gasteiger partial charge is 0.480 e. The first-order valence-electron chi connectivity index (χ1n) is 6.83. The molecule has 1 aliphatic heterocycles. The minimum absolute atomic E-state index is 0.0968. The fourth-order valence-corrected chi connectivity index (χ4v) is 2.56. The Morgan fingerprint density at radius 3 is 3.05 bits per heavy atom. The number of carboxylic acids is 1. The van der Waals surface area contributed by atoms with Crippen LogP contribution in [0, 0.1) is 0 Å². The van der Waals surface area contributed by atoms with E-state index in [2.05, 4.69) is 11.9 Å². The molecule has 19 heavy (non-hydrogen) atoms. The minimum atomic E-state index is -0.792. The summed E-state index contributed by atoms with van der Waals surface area (Å²) < 4.78 is 2.00. The van der Waals surface area contributed by atoms with Crippen LogP contribution in [0.25, 0.3) is 0 Å². The van der Waals surface area contributed by atoms with E-state index in [9.17, 15) is 9.90 Å². The fraction of sp³-hybridized carbons (Fsp3) is 0.692. The molecule has 0 saturated carbocycles. The highest BCUT2D eigenvalue weighted by Gasteiger charge is 2.31. The summed E-state index contributed by atoms with van der Waals surface area (Å²) in [5, 5.41) is 9.37. The molecule has 0 radical (unpaired) electrons. The van der Waals surface area contributed by atoms with Crippen LogP contribution in [-0.2, 0) is 17.8 Å². The number of aryl methyl sites for hydroxylation is 1. The van der Waals surface area contributed by atoms with Gasteiger partial charge in [0.25, 0.3) is 0 Å². The lowest BCUT2D eigenvalue weighted by Gasteiger charge is -2.23. The van der Waals surface area contributed by atoms with Gasteiger partial charge < -0.3 is 15.4 Å². The van der Waals surface area contributed by atoms with E-state index in [0.29, 0.717) is 13.0 Å². The Kier molecular flexibility index (Phi) is 4.55. The summed E-state index contributed by atoms with van der Waals surface area (Å²) in [5.74, 6) is -0.792. The SMILES string of the molecule is CCCn1cnc(C[C@H](C(=O)O)N2CC[C@H](N)C2)c1. The summed E-state index contributed by atoms with van der Waals surface area (Å²) in [5.41, 5.74) is 6.68. The fourth-order valence-electron chi connectivity index (χ4n) is 2.56. The number of likely N-dealkylation sites (tertiary alicyclic amines) is 1. The lowest BCUT2D eigenvalue weighted by Crippen LogP contribution is -2.42.